The summed E-state index contributed by atoms with van der Waals surface area (Å²) in [5.41, 5.74) is 2.61. The van der Waals surface area contributed by atoms with Crippen LogP contribution in [-0.4, -0.2) is 82.0 Å². The zero-order valence-corrected chi connectivity index (χ0v) is 22.9. The van der Waals surface area contributed by atoms with Gasteiger partial charge in [0.15, 0.2) is 5.58 Å². The zero-order chi connectivity index (χ0) is 27.6. The number of methoxy groups -OCH3 is 1. The normalized spacial score (nSPS) is 21.7. The molecule has 0 amide bonds. The first-order chi connectivity index (χ1) is 18.0. The maximum absolute atomic E-state index is 10.6. The van der Waals surface area contributed by atoms with E-state index in [2.05, 4.69) is 46.4 Å². The van der Waals surface area contributed by atoms with Crippen molar-refractivity contribution in [1.29, 1.82) is 0 Å². The molecule has 0 radical (unpaired) electrons. The number of ether oxygens (including phenoxy) is 2. The van der Waals surface area contributed by atoms with Crippen molar-refractivity contribution in [3.8, 4) is 17.2 Å². The third kappa shape index (κ3) is 6.17. The van der Waals surface area contributed by atoms with E-state index in [9.17, 15) is 15.3 Å². The minimum absolute atomic E-state index is 0.00638. The van der Waals surface area contributed by atoms with Gasteiger partial charge in [-0.25, -0.2) is 9.97 Å². The molecule has 38 heavy (non-hydrogen) atoms. The number of nitrogens with zero attached hydrogens (tertiary/aromatic N) is 3. The molecule has 0 saturated heterocycles. The average molecular weight is 530 g/mol. The Kier molecular flexibility index (Phi) is 8.41. The zero-order valence-electron chi connectivity index (χ0n) is 22.9. The number of aliphatic hydroxyl groups excluding tert-OH is 3. The van der Waals surface area contributed by atoms with Gasteiger partial charge in [0.1, 0.15) is 17.7 Å². The van der Waals surface area contributed by atoms with Crippen LogP contribution in [0.4, 0.5) is 11.8 Å². The number of hydrogen-bond acceptors (Lipinski definition) is 11. The molecular weight excluding hydrogens is 490 g/mol. The van der Waals surface area contributed by atoms with Gasteiger partial charge in [0.2, 0.25) is 11.8 Å². The fourth-order valence-electron chi connectivity index (χ4n) is 4.60. The average Bonchev–Trinajstić information content (AvgIpc) is 3.39. The molecule has 4 rings (SSSR count). The molecule has 1 fully saturated rings. The molecule has 0 aromatic carbocycles. The predicted octanol–water partition coefficient (Wildman–Crippen LogP) is 2.90. The number of rotatable bonds is 10. The van der Waals surface area contributed by atoms with Crippen LogP contribution in [0.3, 0.4) is 0 Å². The molecule has 0 spiro atoms. The SMILES string of the molecule is COCCNc1nc(C)c(-c2cc3cc(OCC(C)(C)C)nc(C)c3o2)c(NC2CC(CO)C(O)C2O)n1. The molecule has 4 unspecified atom stereocenters. The molecule has 1 aliphatic carbocycles. The van der Waals surface area contributed by atoms with Crippen LogP contribution in [0.2, 0.25) is 0 Å². The van der Waals surface area contributed by atoms with Crippen molar-refractivity contribution in [2.45, 2.75) is 59.3 Å². The first-order valence-electron chi connectivity index (χ1n) is 12.9. The predicted molar refractivity (Wildman–Crippen MR) is 144 cm³/mol. The lowest BCUT2D eigenvalue weighted by molar-refractivity contribution is 0.00446. The van der Waals surface area contributed by atoms with Crippen LogP contribution in [-0.2, 0) is 4.74 Å². The van der Waals surface area contributed by atoms with Crippen LogP contribution < -0.4 is 15.4 Å². The van der Waals surface area contributed by atoms with Gasteiger partial charge in [0.05, 0.1) is 42.3 Å². The van der Waals surface area contributed by atoms with E-state index in [4.69, 9.17) is 13.9 Å². The number of aryl methyl sites for hydroxylation is 2. The summed E-state index contributed by atoms with van der Waals surface area (Å²) >= 11 is 0. The Bertz CT molecular complexity index is 1260. The van der Waals surface area contributed by atoms with Crippen LogP contribution in [0.15, 0.2) is 16.5 Å². The monoisotopic (exact) mass is 529 g/mol. The van der Waals surface area contributed by atoms with Gasteiger partial charge in [-0.3, -0.25) is 0 Å². The molecule has 4 atom stereocenters. The highest BCUT2D eigenvalue weighted by molar-refractivity contribution is 5.88. The fraction of sp³-hybridized carbons (Fsp3) is 0.593. The molecule has 208 valence electrons. The standard InChI is InChI=1S/C27H39N5O6/c1-14-21(19-10-16-11-20(37-13-27(3,4)5)29-15(2)24(16)38-19)25(32-26(30-14)28-7-8-36-6)31-18-9-17(12-33)22(34)23(18)35/h10-11,17-18,22-23,33-35H,7-9,12-13H2,1-6H3,(H2,28,30,31,32). The smallest absolute Gasteiger partial charge is 0.224 e. The summed E-state index contributed by atoms with van der Waals surface area (Å²) in [7, 11) is 1.62. The molecule has 3 aromatic heterocycles. The lowest BCUT2D eigenvalue weighted by Gasteiger charge is -2.21. The third-order valence-corrected chi connectivity index (χ3v) is 6.58. The Hall–Kier alpha value is -2.99. The van der Waals surface area contributed by atoms with E-state index in [0.29, 0.717) is 72.1 Å². The van der Waals surface area contributed by atoms with Crippen molar-refractivity contribution in [2.75, 3.05) is 44.1 Å². The summed E-state index contributed by atoms with van der Waals surface area (Å²) in [4.78, 5) is 13.9. The molecule has 3 aromatic rings. The maximum Gasteiger partial charge on any atom is 0.224 e. The lowest BCUT2D eigenvalue weighted by atomic mass is 9.99. The van der Waals surface area contributed by atoms with Crippen LogP contribution >= 0.6 is 0 Å². The van der Waals surface area contributed by atoms with Gasteiger partial charge in [-0.2, -0.15) is 4.98 Å². The number of aromatic nitrogens is 3. The second kappa shape index (κ2) is 11.4. The molecule has 11 nitrogen and oxygen atoms in total. The minimum Gasteiger partial charge on any atom is -0.477 e. The highest BCUT2D eigenvalue weighted by Crippen LogP contribution is 2.38. The Labute approximate surface area is 222 Å². The second-order valence-electron chi connectivity index (χ2n) is 11.1. The van der Waals surface area contributed by atoms with E-state index in [1.165, 1.54) is 0 Å². The first-order valence-corrected chi connectivity index (χ1v) is 12.9. The molecule has 0 bridgehead atoms. The molecule has 3 heterocycles. The Morgan fingerprint density at radius 1 is 1.08 bits per heavy atom. The van der Waals surface area contributed by atoms with Crippen molar-refractivity contribution >= 4 is 22.7 Å². The number of anilines is 2. The number of furan rings is 1. The number of nitrogens with one attached hydrogen (secondary N) is 2. The van der Waals surface area contributed by atoms with Gasteiger partial charge in [0.25, 0.3) is 0 Å². The highest BCUT2D eigenvalue weighted by atomic mass is 16.5. The van der Waals surface area contributed by atoms with Gasteiger partial charge < -0.3 is 39.8 Å². The van der Waals surface area contributed by atoms with Crippen molar-refractivity contribution in [3.63, 3.8) is 0 Å². The van der Waals surface area contributed by atoms with E-state index < -0.39 is 24.2 Å². The Morgan fingerprint density at radius 2 is 1.84 bits per heavy atom. The van der Waals surface area contributed by atoms with Crippen molar-refractivity contribution in [2.24, 2.45) is 11.3 Å². The van der Waals surface area contributed by atoms with Crippen molar-refractivity contribution < 1.29 is 29.2 Å². The second-order valence-corrected chi connectivity index (χ2v) is 11.1. The Morgan fingerprint density at radius 3 is 2.50 bits per heavy atom. The first kappa shape index (κ1) is 28.0. The van der Waals surface area contributed by atoms with Gasteiger partial charge in [0, 0.05) is 37.6 Å². The largest absolute Gasteiger partial charge is 0.477 e. The molecule has 5 N–H and O–H groups in total. The van der Waals surface area contributed by atoms with E-state index in [-0.39, 0.29) is 12.0 Å². The van der Waals surface area contributed by atoms with E-state index in [0.717, 1.165) is 5.39 Å². The van der Waals surface area contributed by atoms with Crippen LogP contribution in [0.1, 0.15) is 38.6 Å². The van der Waals surface area contributed by atoms with Gasteiger partial charge in [-0.05, 0) is 31.7 Å². The molecule has 0 aliphatic heterocycles. The number of hydrogen-bond donors (Lipinski definition) is 5. The molecular formula is C27H39N5O6. The third-order valence-electron chi connectivity index (χ3n) is 6.58. The van der Waals surface area contributed by atoms with Crippen molar-refractivity contribution in [1.82, 2.24) is 15.0 Å². The van der Waals surface area contributed by atoms with E-state index in [1.807, 2.05) is 26.0 Å². The van der Waals surface area contributed by atoms with Crippen LogP contribution in [0.5, 0.6) is 5.88 Å². The van der Waals surface area contributed by atoms with Gasteiger partial charge in [-0.15, -0.1) is 0 Å². The van der Waals surface area contributed by atoms with E-state index >= 15 is 0 Å². The molecule has 11 heteroatoms. The summed E-state index contributed by atoms with van der Waals surface area (Å²) in [6, 6.07) is 3.24. The number of pyridine rings is 1. The summed E-state index contributed by atoms with van der Waals surface area (Å²) < 4.78 is 17.3. The number of fused-ring (bicyclic) bond motifs is 1. The Balaban J connectivity index is 1.73. The van der Waals surface area contributed by atoms with Crippen LogP contribution in [0, 0.1) is 25.2 Å². The van der Waals surface area contributed by atoms with Crippen molar-refractivity contribution in [3.05, 3.63) is 23.5 Å². The minimum atomic E-state index is -1.06. The molecule has 1 saturated carbocycles. The van der Waals surface area contributed by atoms with Crippen LogP contribution in [0.25, 0.3) is 22.3 Å². The molecule has 1 aliphatic rings. The lowest BCUT2D eigenvalue weighted by Crippen LogP contribution is -2.35. The summed E-state index contributed by atoms with van der Waals surface area (Å²) in [5, 5.41) is 37.9. The van der Waals surface area contributed by atoms with E-state index in [1.54, 1.807) is 7.11 Å². The van der Waals surface area contributed by atoms with Gasteiger partial charge >= 0.3 is 0 Å². The van der Waals surface area contributed by atoms with Gasteiger partial charge in [-0.1, -0.05) is 20.8 Å². The number of aliphatic hydroxyl groups is 3. The fourth-order valence-corrected chi connectivity index (χ4v) is 4.60. The summed E-state index contributed by atoms with van der Waals surface area (Å²) in [6.07, 6.45) is -1.72. The topological polar surface area (TPSA) is 155 Å². The maximum atomic E-state index is 10.6. The highest BCUT2D eigenvalue weighted by Gasteiger charge is 2.41. The summed E-state index contributed by atoms with van der Waals surface area (Å²) in [5.74, 6) is 1.47. The summed E-state index contributed by atoms with van der Waals surface area (Å²) in [6.45, 7) is 11.3. The quantitative estimate of drug-likeness (QED) is 0.246.